The highest BCUT2D eigenvalue weighted by Gasteiger charge is 2.37. The lowest BCUT2D eigenvalue weighted by Crippen LogP contribution is -2.28. The number of aryl methyl sites for hydroxylation is 2. The van der Waals surface area contributed by atoms with E-state index in [0.717, 1.165) is 6.54 Å². The van der Waals surface area contributed by atoms with Gasteiger partial charge in [0.2, 0.25) is 0 Å². The molecule has 17 heavy (non-hydrogen) atoms. The minimum Gasteiger partial charge on any atom is -0.384 e. The first-order valence-corrected chi connectivity index (χ1v) is 6.98. The van der Waals surface area contributed by atoms with Crippen LogP contribution in [0, 0.1) is 13.8 Å². The first-order valence-electron chi connectivity index (χ1n) is 6.98. The van der Waals surface area contributed by atoms with Crippen molar-refractivity contribution in [1.29, 1.82) is 0 Å². The quantitative estimate of drug-likeness (QED) is 0.800. The van der Waals surface area contributed by atoms with Crippen LogP contribution in [-0.2, 0) is 5.41 Å². The van der Waals surface area contributed by atoms with Gasteiger partial charge < -0.3 is 5.32 Å². The topological polar surface area (TPSA) is 12.0 Å². The van der Waals surface area contributed by atoms with Crippen molar-refractivity contribution >= 4 is 5.69 Å². The fraction of sp³-hybridized carbons (Fsp3) is 0.625. The largest absolute Gasteiger partial charge is 0.384 e. The van der Waals surface area contributed by atoms with Crippen LogP contribution in [0.1, 0.15) is 56.2 Å². The molecule has 1 nitrogen and oxygen atoms in total. The Kier molecular flexibility index (Phi) is 3.46. The van der Waals surface area contributed by atoms with Gasteiger partial charge in [-0.3, -0.25) is 0 Å². The van der Waals surface area contributed by atoms with Gasteiger partial charge in [0.05, 0.1) is 0 Å². The van der Waals surface area contributed by atoms with Crippen LogP contribution < -0.4 is 5.32 Å². The standard InChI is InChI=1S/C16H25N/c1-5-7-16(8-6-2)11-17-15-13(4)9-12(3)10-14(15)16/h9-10,17H,5-8,11H2,1-4H3. The van der Waals surface area contributed by atoms with Gasteiger partial charge in [-0.05, 0) is 37.8 Å². The maximum Gasteiger partial charge on any atom is 0.0409 e. The van der Waals surface area contributed by atoms with E-state index >= 15 is 0 Å². The summed E-state index contributed by atoms with van der Waals surface area (Å²) in [5, 5.41) is 3.66. The molecule has 1 aromatic carbocycles. The number of anilines is 1. The van der Waals surface area contributed by atoms with E-state index in [-0.39, 0.29) is 0 Å². The Morgan fingerprint density at radius 3 is 2.35 bits per heavy atom. The number of hydrogen-bond donors (Lipinski definition) is 1. The van der Waals surface area contributed by atoms with Crippen molar-refractivity contribution in [1.82, 2.24) is 0 Å². The molecule has 1 heteroatoms. The molecule has 0 saturated heterocycles. The Balaban J connectivity index is 2.48. The summed E-state index contributed by atoms with van der Waals surface area (Å²) in [5.41, 5.74) is 6.21. The van der Waals surface area contributed by atoms with Gasteiger partial charge >= 0.3 is 0 Å². The van der Waals surface area contributed by atoms with Crippen molar-refractivity contribution in [2.75, 3.05) is 11.9 Å². The van der Waals surface area contributed by atoms with E-state index in [0.29, 0.717) is 5.41 Å². The van der Waals surface area contributed by atoms with E-state index < -0.39 is 0 Å². The van der Waals surface area contributed by atoms with Gasteiger partial charge in [0.1, 0.15) is 0 Å². The lowest BCUT2D eigenvalue weighted by atomic mass is 9.74. The van der Waals surface area contributed by atoms with Crippen molar-refractivity contribution < 1.29 is 0 Å². The van der Waals surface area contributed by atoms with Crippen molar-refractivity contribution in [2.24, 2.45) is 0 Å². The molecule has 1 aromatic rings. The second-order valence-corrected chi connectivity index (χ2v) is 5.64. The first kappa shape index (κ1) is 12.5. The zero-order valence-electron chi connectivity index (χ0n) is 11.7. The van der Waals surface area contributed by atoms with E-state index in [1.807, 2.05) is 0 Å². The van der Waals surface area contributed by atoms with E-state index in [9.17, 15) is 0 Å². The van der Waals surface area contributed by atoms with Crippen molar-refractivity contribution in [3.63, 3.8) is 0 Å². The monoisotopic (exact) mass is 231 g/mol. The van der Waals surface area contributed by atoms with Crippen LogP contribution >= 0.6 is 0 Å². The number of rotatable bonds is 4. The van der Waals surface area contributed by atoms with Crippen molar-refractivity contribution in [3.8, 4) is 0 Å². The van der Waals surface area contributed by atoms with Crippen LogP contribution in [0.2, 0.25) is 0 Å². The second kappa shape index (κ2) is 4.72. The van der Waals surface area contributed by atoms with Gasteiger partial charge in [-0.1, -0.05) is 44.4 Å². The summed E-state index contributed by atoms with van der Waals surface area (Å²) in [6, 6.07) is 4.70. The number of nitrogens with one attached hydrogen (secondary N) is 1. The lowest BCUT2D eigenvalue weighted by molar-refractivity contribution is 0.391. The molecule has 2 rings (SSSR count). The predicted octanol–water partition coefficient (Wildman–Crippen LogP) is 4.57. The Morgan fingerprint density at radius 1 is 1.12 bits per heavy atom. The third kappa shape index (κ3) is 2.08. The van der Waals surface area contributed by atoms with Crippen LogP contribution in [0.5, 0.6) is 0 Å². The molecule has 0 unspecified atom stereocenters. The maximum absolute atomic E-state index is 3.66. The van der Waals surface area contributed by atoms with Crippen molar-refractivity contribution in [2.45, 2.75) is 58.8 Å². The molecule has 0 atom stereocenters. The average molecular weight is 231 g/mol. The van der Waals surface area contributed by atoms with Gasteiger partial charge in [0.25, 0.3) is 0 Å². The highest BCUT2D eigenvalue weighted by Crippen LogP contribution is 2.45. The Hall–Kier alpha value is -0.980. The summed E-state index contributed by atoms with van der Waals surface area (Å²) < 4.78 is 0. The second-order valence-electron chi connectivity index (χ2n) is 5.64. The van der Waals surface area contributed by atoms with Gasteiger partial charge in [-0.2, -0.15) is 0 Å². The molecule has 0 saturated carbocycles. The third-order valence-corrected chi connectivity index (χ3v) is 4.11. The molecule has 0 aromatic heterocycles. The summed E-state index contributed by atoms with van der Waals surface area (Å²) in [5.74, 6) is 0. The van der Waals surface area contributed by atoms with Crippen LogP contribution in [0.4, 0.5) is 5.69 Å². The summed E-state index contributed by atoms with van der Waals surface area (Å²) in [4.78, 5) is 0. The minimum atomic E-state index is 0.398. The Bertz CT molecular complexity index is 400. The maximum atomic E-state index is 3.66. The Morgan fingerprint density at radius 2 is 1.76 bits per heavy atom. The predicted molar refractivity (Wildman–Crippen MR) is 75.9 cm³/mol. The Labute approximate surface area is 106 Å². The normalized spacial score (nSPS) is 16.7. The molecule has 0 aliphatic carbocycles. The van der Waals surface area contributed by atoms with Gasteiger partial charge in [-0.25, -0.2) is 0 Å². The highest BCUT2D eigenvalue weighted by molar-refractivity contribution is 5.66. The van der Waals surface area contributed by atoms with Crippen LogP contribution in [-0.4, -0.2) is 6.54 Å². The molecule has 1 heterocycles. The molecule has 0 radical (unpaired) electrons. The SMILES string of the molecule is CCCC1(CCC)CNc2c(C)cc(C)cc21. The van der Waals surface area contributed by atoms with E-state index in [1.165, 1.54) is 42.5 Å². The molecule has 0 bridgehead atoms. The molecule has 0 fully saturated rings. The molecule has 94 valence electrons. The smallest absolute Gasteiger partial charge is 0.0409 e. The molecule has 1 aliphatic heterocycles. The third-order valence-electron chi connectivity index (χ3n) is 4.11. The number of hydrogen-bond acceptors (Lipinski definition) is 1. The number of benzene rings is 1. The van der Waals surface area contributed by atoms with Crippen molar-refractivity contribution in [3.05, 3.63) is 28.8 Å². The van der Waals surface area contributed by atoms with Gasteiger partial charge in [0, 0.05) is 17.6 Å². The molecule has 1 N–H and O–H groups in total. The average Bonchev–Trinajstić information content (AvgIpc) is 2.59. The van der Waals surface area contributed by atoms with E-state index in [2.05, 4.69) is 45.1 Å². The minimum absolute atomic E-state index is 0.398. The van der Waals surface area contributed by atoms with E-state index in [4.69, 9.17) is 0 Å². The lowest BCUT2D eigenvalue weighted by Gasteiger charge is -2.29. The summed E-state index contributed by atoms with van der Waals surface area (Å²) in [7, 11) is 0. The van der Waals surface area contributed by atoms with E-state index in [1.54, 1.807) is 5.56 Å². The number of fused-ring (bicyclic) bond motifs is 1. The summed E-state index contributed by atoms with van der Waals surface area (Å²) >= 11 is 0. The fourth-order valence-electron chi connectivity index (χ4n) is 3.50. The molecule has 1 aliphatic rings. The molecular formula is C16H25N. The highest BCUT2D eigenvalue weighted by atomic mass is 14.9. The summed E-state index contributed by atoms with van der Waals surface area (Å²) in [6.07, 6.45) is 5.16. The van der Waals surface area contributed by atoms with Crippen LogP contribution in [0.15, 0.2) is 12.1 Å². The van der Waals surface area contributed by atoms with Crippen LogP contribution in [0.3, 0.4) is 0 Å². The molecule has 0 spiro atoms. The molecular weight excluding hydrogens is 206 g/mol. The zero-order valence-corrected chi connectivity index (χ0v) is 11.7. The first-order chi connectivity index (χ1) is 8.13. The van der Waals surface area contributed by atoms with Crippen LogP contribution in [0.25, 0.3) is 0 Å². The summed E-state index contributed by atoms with van der Waals surface area (Å²) in [6.45, 7) is 10.2. The zero-order chi connectivity index (χ0) is 12.5. The molecule has 0 amide bonds. The fourth-order valence-corrected chi connectivity index (χ4v) is 3.50. The van der Waals surface area contributed by atoms with Gasteiger partial charge in [0.15, 0.2) is 0 Å². The van der Waals surface area contributed by atoms with Gasteiger partial charge in [-0.15, -0.1) is 0 Å².